The molecule has 0 aliphatic carbocycles. The number of thiophene rings is 1. The molecule has 0 fully saturated rings. The number of nitrogens with one attached hydrogen (secondary N) is 1. The van der Waals surface area contributed by atoms with Gasteiger partial charge in [-0.15, -0.1) is 11.3 Å². The molecule has 1 aromatic carbocycles. The Labute approximate surface area is 138 Å². The number of benzene rings is 1. The summed E-state index contributed by atoms with van der Waals surface area (Å²) in [4.78, 5) is 1.31. The van der Waals surface area contributed by atoms with Gasteiger partial charge >= 0.3 is 0 Å². The molecule has 2 aromatic rings. The van der Waals surface area contributed by atoms with Crippen molar-refractivity contribution in [3.63, 3.8) is 0 Å². The van der Waals surface area contributed by atoms with Crippen molar-refractivity contribution in [1.82, 2.24) is 0 Å². The molecule has 0 spiro atoms. The highest BCUT2D eigenvalue weighted by Gasteiger charge is 2.08. The van der Waals surface area contributed by atoms with Crippen LogP contribution in [0, 0.1) is 0 Å². The monoisotopic (exact) mass is 369 g/mol. The molecule has 0 saturated carbocycles. The molecule has 3 nitrogen and oxygen atoms in total. The zero-order valence-corrected chi connectivity index (χ0v) is 14.7. The molecule has 0 aliphatic rings. The van der Waals surface area contributed by atoms with Crippen LogP contribution in [-0.2, 0) is 16.1 Å². The molecular formula is C16H20BrNO2S. The first-order valence-electron chi connectivity index (χ1n) is 6.85. The topological polar surface area (TPSA) is 30.5 Å². The van der Waals surface area contributed by atoms with Gasteiger partial charge in [-0.05, 0) is 46.6 Å². The van der Waals surface area contributed by atoms with E-state index in [2.05, 4.69) is 63.9 Å². The van der Waals surface area contributed by atoms with Crippen LogP contribution in [0.4, 0.5) is 5.69 Å². The minimum Gasteiger partial charge on any atom is -0.382 e. The standard InChI is InChI=1S/C16H20BrNO2S/c1-12(16-9-14(17)11-21-16)18-15-5-3-4-13(8-15)10-20-7-6-19-2/h3-5,8-9,11-12,18H,6-7,10H2,1-2H3. The van der Waals surface area contributed by atoms with E-state index in [4.69, 9.17) is 9.47 Å². The van der Waals surface area contributed by atoms with E-state index in [0.29, 0.717) is 19.8 Å². The van der Waals surface area contributed by atoms with Gasteiger partial charge in [0.25, 0.3) is 0 Å². The van der Waals surface area contributed by atoms with Crippen LogP contribution in [-0.4, -0.2) is 20.3 Å². The Morgan fingerprint density at radius 1 is 1.29 bits per heavy atom. The summed E-state index contributed by atoms with van der Waals surface area (Å²) in [7, 11) is 1.68. The third-order valence-electron chi connectivity index (χ3n) is 3.03. The van der Waals surface area contributed by atoms with Gasteiger partial charge in [0.15, 0.2) is 0 Å². The normalized spacial score (nSPS) is 12.3. The maximum absolute atomic E-state index is 5.55. The summed E-state index contributed by atoms with van der Waals surface area (Å²) in [6, 6.07) is 10.8. The number of halogens is 1. The zero-order valence-electron chi connectivity index (χ0n) is 12.3. The summed E-state index contributed by atoms with van der Waals surface area (Å²) < 4.78 is 11.7. The Morgan fingerprint density at radius 2 is 2.14 bits per heavy atom. The average molecular weight is 370 g/mol. The van der Waals surface area contributed by atoms with E-state index in [1.165, 1.54) is 4.88 Å². The Hall–Kier alpha value is -0.880. The van der Waals surface area contributed by atoms with Crippen LogP contribution in [0.25, 0.3) is 0 Å². The van der Waals surface area contributed by atoms with Crippen molar-refractivity contribution in [2.75, 3.05) is 25.6 Å². The zero-order chi connectivity index (χ0) is 15.1. The second-order valence-corrected chi connectivity index (χ2v) is 6.64. The van der Waals surface area contributed by atoms with E-state index in [-0.39, 0.29) is 6.04 Å². The van der Waals surface area contributed by atoms with Gasteiger partial charge in [-0.1, -0.05) is 12.1 Å². The minimum absolute atomic E-state index is 0.283. The van der Waals surface area contributed by atoms with Gasteiger partial charge in [-0.3, -0.25) is 0 Å². The molecule has 1 heterocycles. The predicted octanol–water partition coefficient (Wildman–Crippen LogP) is 4.85. The van der Waals surface area contributed by atoms with Gasteiger partial charge < -0.3 is 14.8 Å². The molecule has 0 radical (unpaired) electrons. The Morgan fingerprint density at radius 3 is 2.86 bits per heavy atom. The molecule has 0 bridgehead atoms. The largest absolute Gasteiger partial charge is 0.382 e. The lowest BCUT2D eigenvalue weighted by Gasteiger charge is -2.14. The SMILES string of the molecule is COCCOCc1cccc(NC(C)c2cc(Br)cs2)c1. The summed E-state index contributed by atoms with van der Waals surface area (Å²) >= 11 is 5.25. The maximum atomic E-state index is 5.55. The van der Waals surface area contributed by atoms with Crippen molar-refractivity contribution in [2.24, 2.45) is 0 Å². The number of anilines is 1. The van der Waals surface area contributed by atoms with Crippen LogP contribution in [0.5, 0.6) is 0 Å². The number of hydrogen-bond acceptors (Lipinski definition) is 4. The van der Waals surface area contributed by atoms with E-state index < -0.39 is 0 Å². The van der Waals surface area contributed by atoms with Crippen LogP contribution in [0.15, 0.2) is 40.2 Å². The molecule has 1 unspecified atom stereocenters. The molecular weight excluding hydrogens is 350 g/mol. The summed E-state index contributed by atoms with van der Waals surface area (Å²) in [6.45, 7) is 4.02. The summed E-state index contributed by atoms with van der Waals surface area (Å²) in [5, 5.41) is 5.63. The second-order valence-electron chi connectivity index (χ2n) is 4.78. The third kappa shape index (κ3) is 5.43. The van der Waals surface area contributed by atoms with Crippen LogP contribution < -0.4 is 5.32 Å². The summed E-state index contributed by atoms with van der Waals surface area (Å²) in [5.41, 5.74) is 2.27. The van der Waals surface area contributed by atoms with Crippen molar-refractivity contribution in [3.05, 3.63) is 50.6 Å². The van der Waals surface area contributed by atoms with Gasteiger partial charge in [-0.25, -0.2) is 0 Å². The molecule has 2 rings (SSSR count). The molecule has 1 N–H and O–H groups in total. The fraction of sp³-hybridized carbons (Fsp3) is 0.375. The van der Waals surface area contributed by atoms with Gasteiger partial charge in [0.05, 0.1) is 25.9 Å². The van der Waals surface area contributed by atoms with Crippen molar-refractivity contribution in [3.8, 4) is 0 Å². The van der Waals surface area contributed by atoms with E-state index in [1.54, 1.807) is 18.4 Å². The van der Waals surface area contributed by atoms with E-state index >= 15 is 0 Å². The molecule has 21 heavy (non-hydrogen) atoms. The van der Waals surface area contributed by atoms with Crippen molar-refractivity contribution in [2.45, 2.75) is 19.6 Å². The summed E-state index contributed by atoms with van der Waals surface area (Å²) in [6.07, 6.45) is 0. The smallest absolute Gasteiger partial charge is 0.0718 e. The first-order valence-corrected chi connectivity index (χ1v) is 8.52. The predicted molar refractivity (Wildman–Crippen MR) is 92.0 cm³/mol. The third-order valence-corrected chi connectivity index (χ3v) is 4.90. The van der Waals surface area contributed by atoms with E-state index in [1.807, 2.05) is 0 Å². The van der Waals surface area contributed by atoms with Gasteiger partial charge in [0, 0.05) is 27.5 Å². The molecule has 1 aromatic heterocycles. The van der Waals surface area contributed by atoms with Gasteiger partial charge in [0.1, 0.15) is 0 Å². The Kier molecular flexibility index (Phi) is 6.70. The molecule has 5 heteroatoms. The lowest BCUT2D eigenvalue weighted by Crippen LogP contribution is -2.06. The fourth-order valence-corrected chi connectivity index (χ4v) is 3.41. The quantitative estimate of drug-likeness (QED) is 0.674. The number of rotatable bonds is 8. The molecule has 0 aliphatic heterocycles. The first kappa shape index (κ1) is 16.5. The molecule has 1 atom stereocenters. The molecule has 0 saturated heterocycles. The average Bonchev–Trinajstić information content (AvgIpc) is 2.91. The van der Waals surface area contributed by atoms with Crippen molar-refractivity contribution >= 4 is 33.0 Å². The number of ether oxygens (including phenoxy) is 2. The minimum atomic E-state index is 0.283. The Balaban J connectivity index is 1.91. The van der Waals surface area contributed by atoms with Crippen LogP contribution >= 0.6 is 27.3 Å². The van der Waals surface area contributed by atoms with E-state index in [0.717, 1.165) is 15.7 Å². The lowest BCUT2D eigenvalue weighted by atomic mass is 10.2. The van der Waals surface area contributed by atoms with Crippen LogP contribution in [0.2, 0.25) is 0 Å². The van der Waals surface area contributed by atoms with E-state index in [9.17, 15) is 0 Å². The molecule has 114 valence electrons. The highest BCUT2D eigenvalue weighted by Crippen LogP contribution is 2.28. The van der Waals surface area contributed by atoms with Gasteiger partial charge in [-0.2, -0.15) is 0 Å². The van der Waals surface area contributed by atoms with Crippen molar-refractivity contribution in [1.29, 1.82) is 0 Å². The fourth-order valence-electron chi connectivity index (χ4n) is 1.96. The lowest BCUT2D eigenvalue weighted by molar-refractivity contribution is 0.0617. The van der Waals surface area contributed by atoms with Crippen molar-refractivity contribution < 1.29 is 9.47 Å². The number of hydrogen-bond donors (Lipinski definition) is 1. The van der Waals surface area contributed by atoms with Gasteiger partial charge in [0.2, 0.25) is 0 Å². The summed E-state index contributed by atoms with van der Waals surface area (Å²) in [5.74, 6) is 0. The Bertz CT molecular complexity index is 559. The van der Waals surface area contributed by atoms with Crippen LogP contribution in [0.1, 0.15) is 23.4 Å². The van der Waals surface area contributed by atoms with Crippen LogP contribution in [0.3, 0.4) is 0 Å². The highest BCUT2D eigenvalue weighted by molar-refractivity contribution is 9.10. The second kappa shape index (κ2) is 8.54. The molecule has 0 amide bonds. The first-order chi connectivity index (χ1) is 10.2. The number of methoxy groups -OCH3 is 1. The highest BCUT2D eigenvalue weighted by atomic mass is 79.9. The maximum Gasteiger partial charge on any atom is 0.0718 e.